The van der Waals surface area contributed by atoms with Crippen molar-refractivity contribution in [2.75, 3.05) is 11.1 Å². The van der Waals surface area contributed by atoms with Gasteiger partial charge in [0.25, 0.3) is 5.69 Å². The summed E-state index contributed by atoms with van der Waals surface area (Å²) < 4.78 is 0. The molecule has 0 aliphatic carbocycles. The lowest BCUT2D eigenvalue weighted by Crippen LogP contribution is -2.14. The van der Waals surface area contributed by atoms with Crippen LogP contribution in [-0.2, 0) is 4.79 Å². The van der Waals surface area contributed by atoms with Gasteiger partial charge in [-0.05, 0) is 29.3 Å². The number of aromatic nitrogens is 2. The average Bonchev–Trinajstić information content (AvgIpc) is 3.15. The third-order valence-corrected chi connectivity index (χ3v) is 5.14. The first kappa shape index (κ1) is 18.7. The number of nitrogens with zero attached hydrogens (tertiary/aromatic N) is 2. The summed E-state index contributed by atoms with van der Waals surface area (Å²) in [5.74, 6) is 0.0106. The number of carbonyl (C=O) groups is 1. The van der Waals surface area contributed by atoms with Crippen LogP contribution in [0.25, 0.3) is 22.2 Å². The Morgan fingerprint density at radius 2 is 1.76 bits per heavy atom. The van der Waals surface area contributed by atoms with E-state index in [0.29, 0.717) is 16.2 Å². The van der Waals surface area contributed by atoms with E-state index in [2.05, 4.69) is 15.3 Å². The molecule has 7 nitrogen and oxygen atoms in total. The van der Waals surface area contributed by atoms with Gasteiger partial charge >= 0.3 is 0 Å². The zero-order valence-corrected chi connectivity index (χ0v) is 16.0. The van der Waals surface area contributed by atoms with Gasteiger partial charge in [-0.3, -0.25) is 14.9 Å². The summed E-state index contributed by atoms with van der Waals surface area (Å²) in [5.41, 5.74) is 4.08. The molecule has 144 valence electrons. The van der Waals surface area contributed by atoms with E-state index < -0.39 is 4.92 Å². The molecular weight excluding hydrogens is 388 g/mol. The average molecular weight is 404 g/mol. The number of nitro groups is 1. The Morgan fingerprint density at radius 3 is 2.48 bits per heavy atom. The zero-order valence-electron chi connectivity index (χ0n) is 15.2. The van der Waals surface area contributed by atoms with Gasteiger partial charge in [-0.25, -0.2) is 4.98 Å². The van der Waals surface area contributed by atoms with Gasteiger partial charge in [0.05, 0.1) is 21.7 Å². The molecule has 4 aromatic rings. The number of hydrogen-bond donors (Lipinski definition) is 2. The molecule has 0 aliphatic heterocycles. The van der Waals surface area contributed by atoms with Crippen molar-refractivity contribution in [1.82, 2.24) is 9.97 Å². The van der Waals surface area contributed by atoms with Crippen LogP contribution in [0.5, 0.6) is 0 Å². The van der Waals surface area contributed by atoms with Crippen LogP contribution in [0.15, 0.2) is 78.0 Å². The maximum absolute atomic E-state index is 12.2. The van der Waals surface area contributed by atoms with E-state index in [1.165, 1.54) is 23.9 Å². The topological polar surface area (TPSA) is 101 Å². The number of amides is 1. The molecule has 1 aromatic heterocycles. The Balaban J connectivity index is 1.36. The molecule has 2 N–H and O–H groups in total. The number of non-ortho nitro benzene ring substituents is 1. The zero-order chi connectivity index (χ0) is 20.2. The van der Waals surface area contributed by atoms with Crippen molar-refractivity contribution < 1.29 is 9.72 Å². The Kier molecular flexibility index (Phi) is 5.26. The normalized spacial score (nSPS) is 10.8. The van der Waals surface area contributed by atoms with E-state index in [-0.39, 0.29) is 17.3 Å². The molecule has 1 amide bonds. The second-order valence-electron chi connectivity index (χ2n) is 6.28. The highest BCUT2D eigenvalue weighted by Crippen LogP contribution is 2.24. The molecule has 0 fully saturated rings. The van der Waals surface area contributed by atoms with Crippen LogP contribution < -0.4 is 5.32 Å². The third kappa shape index (κ3) is 4.44. The first-order valence-corrected chi connectivity index (χ1v) is 9.79. The second kappa shape index (κ2) is 8.15. The maximum Gasteiger partial charge on any atom is 0.271 e. The Labute approximate surface area is 170 Å². The summed E-state index contributed by atoms with van der Waals surface area (Å²) in [6, 6.07) is 22.1. The molecule has 0 aliphatic rings. The number of imidazole rings is 1. The predicted octanol–water partition coefficient (Wildman–Crippen LogP) is 4.87. The van der Waals surface area contributed by atoms with Crippen molar-refractivity contribution in [2.45, 2.75) is 5.16 Å². The molecule has 0 atom stereocenters. The van der Waals surface area contributed by atoms with Gasteiger partial charge in [0.1, 0.15) is 0 Å². The van der Waals surface area contributed by atoms with E-state index >= 15 is 0 Å². The minimum atomic E-state index is -0.461. The highest BCUT2D eigenvalue weighted by atomic mass is 32.2. The number of carbonyl (C=O) groups excluding carboxylic acids is 1. The molecule has 8 heteroatoms. The summed E-state index contributed by atoms with van der Waals surface area (Å²) >= 11 is 1.24. The van der Waals surface area contributed by atoms with E-state index in [1.807, 2.05) is 54.6 Å². The summed E-state index contributed by atoms with van der Waals surface area (Å²) in [6.07, 6.45) is 0. The number of nitro benzene ring substituents is 1. The standard InChI is InChI=1S/C21H16N4O3S/c26-20(22-16-8-6-15(7-9-16)14-4-2-1-3-5-14)13-29-21-23-18-11-10-17(25(27)28)12-19(18)24-21/h1-12H,13H2,(H,22,26)(H,23,24). The molecule has 1 heterocycles. The van der Waals surface area contributed by atoms with Gasteiger partial charge < -0.3 is 10.3 Å². The monoisotopic (exact) mass is 404 g/mol. The van der Waals surface area contributed by atoms with Crippen molar-refractivity contribution in [3.8, 4) is 11.1 Å². The van der Waals surface area contributed by atoms with Crippen LogP contribution in [0.1, 0.15) is 0 Å². The SMILES string of the molecule is O=C(CSc1nc2cc([N+](=O)[O-])ccc2[nH]1)Nc1ccc(-c2ccccc2)cc1. The van der Waals surface area contributed by atoms with Gasteiger partial charge in [-0.15, -0.1) is 0 Å². The van der Waals surface area contributed by atoms with Gasteiger partial charge in [-0.2, -0.15) is 0 Å². The number of hydrogen-bond acceptors (Lipinski definition) is 5. The minimum absolute atomic E-state index is 0.0164. The summed E-state index contributed by atoms with van der Waals surface area (Å²) in [6.45, 7) is 0. The van der Waals surface area contributed by atoms with Gasteiger partial charge in [0.2, 0.25) is 5.91 Å². The van der Waals surface area contributed by atoms with Crippen LogP contribution in [-0.4, -0.2) is 26.6 Å². The lowest BCUT2D eigenvalue weighted by Gasteiger charge is -2.06. The molecule has 0 unspecified atom stereocenters. The summed E-state index contributed by atoms with van der Waals surface area (Å²) in [5, 5.41) is 14.2. The van der Waals surface area contributed by atoms with Crippen molar-refractivity contribution in [3.05, 3.63) is 82.9 Å². The lowest BCUT2D eigenvalue weighted by atomic mass is 10.1. The Bertz CT molecular complexity index is 1170. The maximum atomic E-state index is 12.2. The summed E-state index contributed by atoms with van der Waals surface area (Å²) in [7, 11) is 0. The number of benzene rings is 3. The molecule has 29 heavy (non-hydrogen) atoms. The van der Waals surface area contributed by atoms with Crippen LogP contribution in [0, 0.1) is 10.1 Å². The molecule has 4 rings (SSSR count). The number of nitrogens with one attached hydrogen (secondary N) is 2. The van der Waals surface area contributed by atoms with Crippen molar-refractivity contribution in [3.63, 3.8) is 0 Å². The van der Waals surface area contributed by atoms with E-state index in [4.69, 9.17) is 0 Å². The van der Waals surface area contributed by atoms with Crippen molar-refractivity contribution in [1.29, 1.82) is 0 Å². The van der Waals surface area contributed by atoms with Gasteiger partial charge in [0, 0.05) is 17.8 Å². The molecule has 0 radical (unpaired) electrons. The highest BCUT2D eigenvalue weighted by molar-refractivity contribution is 7.99. The number of rotatable bonds is 6. The number of anilines is 1. The van der Waals surface area contributed by atoms with Crippen LogP contribution in [0.4, 0.5) is 11.4 Å². The van der Waals surface area contributed by atoms with Crippen LogP contribution >= 0.6 is 11.8 Å². The van der Waals surface area contributed by atoms with Gasteiger partial charge in [0.15, 0.2) is 5.16 Å². The minimum Gasteiger partial charge on any atom is -0.333 e. The third-order valence-electron chi connectivity index (χ3n) is 4.27. The highest BCUT2D eigenvalue weighted by Gasteiger charge is 2.11. The number of aromatic amines is 1. The quantitative estimate of drug-likeness (QED) is 0.271. The smallest absolute Gasteiger partial charge is 0.271 e. The Morgan fingerprint density at radius 1 is 1.03 bits per heavy atom. The van der Waals surface area contributed by atoms with E-state index in [9.17, 15) is 14.9 Å². The molecule has 0 spiro atoms. The lowest BCUT2D eigenvalue weighted by molar-refractivity contribution is -0.384. The fourth-order valence-corrected chi connectivity index (χ4v) is 3.55. The predicted molar refractivity (Wildman–Crippen MR) is 114 cm³/mol. The Hall–Kier alpha value is -3.65. The number of H-pyrrole nitrogens is 1. The van der Waals surface area contributed by atoms with E-state index in [0.717, 1.165) is 16.8 Å². The van der Waals surface area contributed by atoms with Crippen molar-refractivity contribution >= 4 is 40.1 Å². The molecule has 0 saturated carbocycles. The largest absolute Gasteiger partial charge is 0.333 e. The van der Waals surface area contributed by atoms with Crippen LogP contribution in [0.3, 0.4) is 0 Å². The molecule has 3 aromatic carbocycles. The fraction of sp³-hybridized carbons (Fsp3) is 0.0476. The summed E-state index contributed by atoms with van der Waals surface area (Å²) in [4.78, 5) is 30.0. The molecule has 0 saturated heterocycles. The number of fused-ring (bicyclic) bond motifs is 1. The first-order chi connectivity index (χ1) is 14.1. The second-order valence-corrected chi connectivity index (χ2v) is 7.24. The molecule has 0 bridgehead atoms. The number of thioether (sulfide) groups is 1. The molecular formula is C21H16N4O3S. The van der Waals surface area contributed by atoms with Crippen molar-refractivity contribution in [2.24, 2.45) is 0 Å². The van der Waals surface area contributed by atoms with E-state index in [1.54, 1.807) is 6.07 Å². The van der Waals surface area contributed by atoms with Crippen LogP contribution in [0.2, 0.25) is 0 Å². The van der Waals surface area contributed by atoms with Gasteiger partial charge in [-0.1, -0.05) is 54.2 Å². The fourth-order valence-electron chi connectivity index (χ4n) is 2.86. The first-order valence-electron chi connectivity index (χ1n) is 8.81.